The van der Waals surface area contributed by atoms with Crippen LogP contribution in [0.4, 0.5) is 15.3 Å². The Morgan fingerprint density at radius 3 is 2.86 bits per heavy atom. The number of carbonyl (C=O) groups is 2. The van der Waals surface area contributed by atoms with Crippen molar-refractivity contribution < 1.29 is 19.1 Å². The van der Waals surface area contributed by atoms with Gasteiger partial charge in [-0.15, -0.1) is 0 Å². The maximum atomic E-state index is 11.6. The van der Waals surface area contributed by atoms with E-state index in [9.17, 15) is 9.59 Å². The van der Waals surface area contributed by atoms with Crippen LogP contribution in [0.15, 0.2) is 24.3 Å². The van der Waals surface area contributed by atoms with E-state index in [2.05, 4.69) is 0 Å². The molecule has 1 heterocycles. The van der Waals surface area contributed by atoms with Gasteiger partial charge in [0.1, 0.15) is 12.2 Å². The lowest BCUT2D eigenvalue weighted by Gasteiger charge is -2.24. The third-order valence-electron chi connectivity index (χ3n) is 3.38. The summed E-state index contributed by atoms with van der Waals surface area (Å²) in [5.41, 5.74) is 6.32. The minimum atomic E-state index is -0.770. The van der Waals surface area contributed by atoms with Gasteiger partial charge in [-0.05, 0) is 44.4 Å². The van der Waals surface area contributed by atoms with E-state index >= 15 is 0 Å². The summed E-state index contributed by atoms with van der Waals surface area (Å²) in [6.07, 6.45) is 0.277. The predicted octanol–water partition coefficient (Wildman–Crippen LogP) is 2.45. The van der Waals surface area contributed by atoms with E-state index in [1.54, 1.807) is 4.90 Å². The molecule has 2 amide bonds. The number of hydrogen-bond donors (Lipinski definition) is 1. The molecule has 0 unspecified atom stereocenters. The molecule has 0 atom stereocenters. The molecule has 1 aliphatic rings. The summed E-state index contributed by atoms with van der Waals surface area (Å²) in [6, 6.07) is 7.71. The molecule has 2 N–H and O–H groups in total. The van der Waals surface area contributed by atoms with Crippen LogP contribution in [-0.2, 0) is 15.9 Å². The first kappa shape index (κ1) is 15.2. The number of hydrogen-bond acceptors (Lipinski definition) is 4. The van der Waals surface area contributed by atoms with E-state index in [0.29, 0.717) is 19.6 Å². The molecule has 1 fully saturated rings. The van der Waals surface area contributed by atoms with E-state index in [-0.39, 0.29) is 6.09 Å². The molecule has 2 rings (SSSR count). The van der Waals surface area contributed by atoms with E-state index in [1.807, 2.05) is 38.1 Å². The number of ether oxygens (including phenoxy) is 2. The molecular weight excluding hydrogens is 272 g/mol. The van der Waals surface area contributed by atoms with Gasteiger partial charge in [0.2, 0.25) is 0 Å². The first-order valence-electron chi connectivity index (χ1n) is 6.89. The Labute approximate surface area is 123 Å². The third-order valence-corrected chi connectivity index (χ3v) is 3.38. The summed E-state index contributed by atoms with van der Waals surface area (Å²) in [6.45, 7) is 4.63. The van der Waals surface area contributed by atoms with E-state index in [4.69, 9.17) is 15.2 Å². The number of nitrogens with zero attached hydrogens (tertiary/aromatic N) is 1. The monoisotopic (exact) mass is 292 g/mol. The second-order valence-corrected chi connectivity index (χ2v) is 5.62. The van der Waals surface area contributed by atoms with Crippen LogP contribution in [0.5, 0.6) is 0 Å². The maximum Gasteiger partial charge on any atom is 0.414 e. The molecule has 1 aliphatic heterocycles. The molecule has 0 bridgehead atoms. The van der Waals surface area contributed by atoms with E-state index in [1.165, 1.54) is 0 Å². The summed E-state index contributed by atoms with van der Waals surface area (Å²) < 4.78 is 9.99. The number of amides is 2. The molecule has 0 radical (unpaired) electrons. The molecule has 1 aromatic carbocycles. The summed E-state index contributed by atoms with van der Waals surface area (Å²) in [5.74, 6) is 0. The number of benzene rings is 1. The van der Waals surface area contributed by atoms with Crippen molar-refractivity contribution in [1.82, 2.24) is 0 Å². The topological polar surface area (TPSA) is 81.9 Å². The van der Waals surface area contributed by atoms with Gasteiger partial charge >= 0.3 is 12.2 Å². The number of nitrogens with two attached hydrogens (primary N) is 1. The lowest BCUT2D eigenvalue weighted by Crippen LogP contribution is -2.31. The van der Waals surface area contributed by atoms with Gasteiger partial charge in [-0.3, -0.25) is 4.90 Å². The van der Waals surface area contributed by atoms with Crippen LogP contribution in [0, 0.1) is 0 Å². The first-order valence-corrected chi connectivity index (χ1v) is 6.89. The van der Waals surface area contributed by atoms with Gasteiger partial charge in [-0.25, -0.2) is 9.59 Å². The number of carbonyl (C=O) groups excluding carboxylic acids is 2. The lowest BCUT2D eigenvalue weighted by molar-refractivity contribution is 0.0394. The van der Waals surface area contributed by atoms with Crippen LogP contribution in [0.2, 0.25) is 0 Å². The Balaban J connectivity index is 2.01. The highest BCUT2D eigenvalue weighted by Crippen LogP contribution is 2.23. The van der Waals surface area contributed by atoms with Gasteiger partial charge in [0.15, 0.2) is 0 Å². The van der Waals surface area contributed by atoms with Crippen molar-refractivity contribution in [3.05, 3.63) is 29.8 Å². The third kappa shape index (κ3) is 4.11. The maximum absolute atomic E-state index is 11.6. The fraction of sp³-hybridized carbons (Fsp3) is 0.467. The molecule has 0 aromatic heterocycles. The quantitative estimate of drug-likeness (QED) is 0.903. The van der Waals surface area contributed by atoms with Crippen molar-refractivity contribution in [2.75, 3.05) is 18.1 Å². The largest absolute Gasteiger partial charge is 0.447 e. The molecule has 6 nitrogen and oxygen atoms in total. The summed E-state index contributed by atoms with van der Waals surface area (Å²) in [4.78, 5) is 24.0. The summed E-state index contributed by atoms with van der Waals surface area (Å²) in [5, 5.41) is 0. The van der Waals surface area contributed by atoms with Gasteiger partial charge in [-0.1, -0.05) is 12.1 Å². The second-order valence-electron chi connectivity index (χ2n) is 5.62. The standard InChI is InChI=1S/C15H20N2O4/c1-15(2,21-13(16)18)7-6-11-4-3-5-12(10-11)17-8-9-20-14(17)19/h3-5,10H,6-9H2,1-2H3,(H2,16,18). The smallest absolute Gasteiger partial charge is 0.414 e. The molecule has 0 spiro atoms. The zero-order valence-corrected chi connectivity index (χ0v) is 12.3. The second kappa shape index (κ2) is 6.03. The molecule has 21 heavy (non-hydrogen) atoms. The first-order chi connectivity index (χ1) is 9.87. The normalized spacial score (nSPS) is 15.0. The summed E-state index contributed by atoms with van der Waals surface area (Å²) in [7, 11) is 0. The highest BCUT2D eigenvalue weighted by molar-refractivity contribution is 5.89. The molecule has 0 saturated carbocycles. The van der Waals surface area contributed by atoms with Crippen molar-refractivity contribution in [3.8, 4) is 0 Å². The van der Waals surface area contributed by atoms with Gasteiger partial charge in [-0.2, -0.15) is 0 Å². The SMILES string of the molecule is CC(C)(CCc1cccc(N2CCOC2=O)c1)OC(N)=O. The van der Waals surface area contributed by atoms with Gasteiger partial charge in [0, 0.05) is 5.69 Å². The van der Waals surface area contributed by atoms with Crippen LogP contribution < -0.4 is 10.6 Å². The van der Waals surface area contributed by atoms with Crippen LogP contribution >= 0.6 is 0 Å². The summed E-state index contributed by atoms with van der Waals surface area (Å²) >= 11 is 0. The number of primary amides is 1. The Morgan fingerprint density at radius 1 is 1.48 bits per heavy atom. The Kier molecular flexibility index (Phi) is 4.35. The molecule has 1 aromatic rings. The van der Waals surface area contributed by atoms with Gasteiger partial charge < -0.3 is 15.2 Å². The Morgan fingerprint density at radius 2 is 2.24 bits per heavy atom. The van der Waals surface area contributed by atoms with Crippen LogP contribution in [-0.4, -0.2) is 30.9 Å². The van der Waals surface area contributed by atoms with Crippen molar-refractivity contribution in [3.63, 3.8) is 0 Å². The number of cyclic esters (lactones) is 1. The number of aryl methyl sites for hydroxylation is 1. The molecular formula is C15H20N2O4. The Bertz CT molecular complexity index is 542. The minimum absolute atomic E-state index is 0.315. The van der Waals surface area contributed by atoms with E-state index < -0.39 is 11.7 Å². The van der Waals surface area contributed by atoms with Gasteiger partial charge in [0.25, 0.3) is 0 Å². The molecule has 114 valence electrons. The van der Waals surface area contributed by atoms with Crippen LogP contribution in [0.1, 0.15) is 25.8 Å². The zero-order valence-electron chi connectivity index (χ0n) is 12.3. The fourth-order valence-electron chi connectivity index (χ4n) is 2.28. The van der Waals surface area contributed by atoms with Crippen LogP contribution in [0.3, 0.4) is 0 Å². The van der Waals surface area contributed by atoms with Crippen molar-refractivity contribution in [1.29, 1.82) is 0 Å². The van der Waals surface area contributed by atoms with Crippen molar-refractivity contribution in [2.45, 2.75) is 32.3 Å². The lowest BCUT2D eigenvalue weighted by atomic mass is 9.98. The molecule has 0 aliphatic carbocycles. The average Bonchev–Trinajstić information content (AvgIpc) is 2.82. The number of rotatable bonds is 5. The van der Waals surface area contributed by atoms with Crippen molar-refractivity contribution >= 4 is 17.9 Å². The molecule has 1 saturated heterocycles. The highest BCUT2D eigenvalue weighted by atomic mass is 16.6. The molecule has 6 heteroatoms. The zero-order chi connectivity index (χ0) is 15.5. The van der Waals surface area contributed by atoms with E-state index in [0.717, 1.165) is 17.7 Å². The van der Waals surface area contributed by atoms with Gasteiger partial charge in [0.05, 0.1) is 6.54 Å². The predicted molar refractivity (Wildman–Crippen MR) is 78.2 cm³/mol. The average molecular weight is 292 g/mol. The minimum Gasteiger partial charge on any atom is -0.447 e. The fourth-order valence-corrected chi connectivity index (χ4v) is 2.28. The number of anilines is 1. The Hall–Kier alpha value is -2.24. The van der Waals surface area contributed by atoms with Crippen molar-refractivity contribution in [2.24, 2.45) is 5.73 Å². The van der Waals surface area contributed by atoms with Crippen LogP contribution in [0.25, 0.3) is 0 Å². The highest BCUT2D eigenvalue weighted by Gasteiger charge is 2.24.